The molecule has 1 fully saturated rings. The molecule has 1 atom stereocenters. The average molecular weight is 284 g/mol. The van der Waals surface area contributed by atoms with Gasteiger partial charge >= 0.3 is 6.61 Å². The summed E-state index contributed by atoms with van der Waals surface area (Å²) >= 11 is 0. The zero-order valence-corrected chi connectivity index (χ0v) is 12.0. The summed E-state index contributed by atoms with van der Waals surface area (Å²) in [5.74, 6) is 0.812. The van der Waals surface area contributed by atoms with Crippen LogP contribution in [0.1, 0.15) is 19.8 Å². The highest BCUT2D eigenvalue weighted by molar-refractivity contribution is 5.48. The number of hydrogen-bond donors (Lipinski definition) is 1. The summed E-state index contributed by atoms with van der Waals surface area (Å²) in [6, 6.07) is 7.09. The Kier molecular flexibility index (Phi) is 5.17. The first-order chi connectivity index (χ1) is 9.54. The molecule has 20 heavy (non-hydrogen) atoms. The van der Waals surface area contributed by atoms with E-state index in [0.29, 0.717) is 12.0 Å². The molecule has 1 N–H and O–H groups in total. The van der Waals surface area contributed by atoms with E-state index in [1.807, 2.05) is 6.07 Å². The fraction of sp³-hybridized carbons (Fsp3) is 0.600. The van der Waals surface area contributed by atoms with Crippen LogP contribution in [0.4, 0.5) is 14.5 Å². The first-order valence-corrected chi connectivity index (χ1v) is 7.04. The Bertz CT molecular complexity index is 420. The maximum absolute atomic E-state index is 12.2. The van der Waals surface area contributed by atoms with Crippen LogP contribution in [-0.2, 0) is 0 Å². The van der Waals surface area contributed by atoms with Crippen molar-refractivity contribution in [3.8, 4) is 5.75 Å². The Hall–Kier alpha value is -1.36. The Balaban J connectivity index is 1.92. The van der Waals surface area contributed by atoms with Gasteiger partial charge in [0.25, 0.3) is 0 Å². The normalized spacial score (nSPS) is 19.1. The second-order valence-electron chi connectivity index (χ2n) is 5.48. The van der Waals surface area contributed by atoms with Crippen LogP contribution in [0.2, 0.25) is 0 Å². The van der Waals surface area contributed by atoms with Crippen LogP contribution in [0.3, 0.4) is 0 Å². The summed E-state index contributed by atoms with van der Waals surface area (Å²) in [6.45, 7) is 1.60. The largest absolute Gasteiger partial charge is 0.435 e. The van der Waals surface area contributed by atoms with Gasteiger partial charge in [0.15, 0.2) is 0 Å². The predicted molar refractivity (Wildman–Crippen MR) is 76.4 cm³/mol. The third-order valence-electron chi connectivity index (χ3n) is 3.92. The van der Waals surface area contributed by atoms with E-state index in [4.69, 9.17) is 0 Å². The number of likely N-dealkylation sites (tertiary alicyclic amines) is 1. The van der Waals surface area contributed by atoms with Crippen molar-refractivity contribution >= 4 is 5.69 Å². The lowest BCUT2D eigenvalue weighted by Crippen LogP contribution is -2.37. The number of halogens is 2. The van der Waals surface area contributed by atoms with E-state index >= 15 is 0 Å². The quantitative estimate of drug-likeness (QED) is 0.896. The van der Waals surface area contributed by atoms with Gasteiger partial charge in [-0.3, -0.25) is 0 Å². The van der Waals surface area contributed by atoms with Crippen molar-refractivity contribution in [2.75, 3.05) is 25.5 Å². The van der Waals surface area contributed by atoms with Crippen molar-refractivity contribution in [3.63, 3.8) is 0 Å². The minimum absolute atomic E-state index is 0.195. The molecule has 1 aliphatic rings. The van der Waals surface area contributed by atoms with Crippen LogP contribution < -0.4 is 10.1 Å². The maximum atomic E-state index is 12.2. The highest BCUT2D eigenvalue weighted by Crippen LogP contribution is 2.25. The van der Waals surface area contributed by atoms with E-state index in [1.165, 1.54) is 6.07 Å². The van der Waals surface area contributed by atoms with Gasteiger partial charge in [0, 0.05) is 17.8 Å². The molecule has 1 unspecified atom stereocenters. The molecule has 1 aliphatic heterocycles. The number of nitrogens with one attached hydrogen (secondary N) is 1. The van der Waals surface area contributed by atoms with Gasteiger partial charge in [-0.1, -0.05) is 6.07 Å². The first-order valence-electron chi connectivity index (χ1n) is 7.04. The number of alkyl halides is 2. The van der Waals surface area contributed by atoms with Gasteiger partial charge in [-0.15, -0.1) is 0 Å². The molecule has 0 amide bonds. The first kappa shape index (κ1) is 15.0. The third kappa shape index (κ3) is 4.34. The van der Waals surface area contributed by atoms with Crippen molar-refractivity contribution in [1.29, 1.82) is 0 Å². The number of ether oxygens (including phenoxy) is 1. The second-order valence-corrected chi connectivity index (χ2v) is 5.48. The summed E-state index contributed by atoms with van der Waals surface area (Å²) in [4.78, 5) is 2.33. The molecule has 1 saturated heterocycles. The molecule has 0 bridgehead atoms. The average Bonchev–Trinajstić information content (AvgIpc) is 2.39. The molecule has 0 radical (unpaired) electrons. The highest BCUT2D eigenvalue weighted by atomic mass is 19.3. The molecule has 1 heterocycles. The summed E-state index contributed by atoms with van der Waals surface area (Å²) in [5, 5.41) is 3.40. The summed E-state index contributed by atoms with van der Waals surface area (Å²) in [5.41, 5.74) is 0.828. The molecule has 0 aliphatic carbocycles. The predicted octanol–water partition coefficient (Wildman–Crippen LogP) is 3.43. The van der Waals surface area contributed by atoms with Crippen molar-refractivity contribution in [1.82, 2.24) is 4.90 Å². The summed E-state index contributed by atoms with van der Waals surface area (Å²) in [6.07, 6.45) is 2.33. The number of hydrogen-bond acceptors (Lipinski definition) is 3. The van der Waals surface area contributed by atoms with E-state index in [-0.39, 0.29) is 5.75 Å². The third-order valence-corrected chi connectivity index (χ3v) is 3.92. The van der Waals surface area contributed by atoms with Crippen molar-refractivity contribution < 1.29 is 13.5 Å². The molecule has 112 valence electrons. The van der Waals surface area contributed by atoms with Crippen LogP contribution >= 0.6 is 0 Å². The van der Waals surface area contributed by atoms with Gasteiger partial charge < -0.3 is 15.0 Å². The topological polar surface area (TPSA) is 24.5 Å². The zero-order chi connectivity index (χ0) is 14.5. The van der Waals surface area contributed by atoms with Gasteiger partial charge in [0.05, 0.1) is 0 Å². The number of anilines is 1. The zero-order valence-electron chi connectivity index (χ0n) is 12.0. The SMILES string of the molecule is CC(Nc1cccc(OC(F)F)c1)C1CCN(C)CC1. The van der Waals surface area contributed by atoms with Gasteiger partial charge in [0.2, 0.25) is 0 Å². The molecular weight excluding hydrogens is 262 g/mol. The minimum Gasteiger partial charge on any atom is -0.435 e. The van der Waals surface area contributed by atoms with E-state index in [2.05, 4.69) is 28.9 Å². The van der Waals surface area contributed by atoms with Crippen molar-refractivity contribution in [2.45, 2.75) is 32.4 Å². The maximum Gasteiger partial charge on any atom is 0.387 e. The lowest BCUT2D eigenvalue weighted by Gasteiger charge is -2.33. The standard InChI is InChI=1S/C15H22F2N2O/c1-11(12-6-8-19(2)9-7-12)18-13-4-3-5-14(10-13)20-15(16)17/h3-5,10-12,15,18H,6-9H2,1-2H3. The van der Waals surface area contributed by atoms with Gasteiger partial charge in [0.1, 0.15) is 5.75 Å². The lowest BCUT2D eigenvalue weighted by atomic mass is 9.90. The Morgan fingerprint density at radius 3 is 2.65 bits per heavy atom. The summed E-state index contributed by atoms with van der Waals surface area (Å²) < 4.78 is 28.8. The molecule has 5 heteroatoms. The second kappa shape index (κ2) is 6.88. The van der Waals surface area contributed by atoms with Crippen LogP contribution in [0.25, 0.3) is 0 Å². The van der Waals surface area contributed by atoms with E-state index in [1.54, 1.807) is 12.1 Å². The number of piperidine rings is 1. The fourth-order valence-electron chi connectivity index (χ4n) is 2.67. The lowest BCUT2D eigenvalue weighted by molar-refractivity contribution is -0.0498. The minimum atomic E-state index is -2.78. The van der Waals surface area contributed by atoms with E-state index in [9.17, 15) is 8.78 Å². The Labute approximate surface area is 118 Å². The van der Waals surface area contributed by atoms with Gasteiger partial charge in [-0.25, -0.2) is 0 Å². The van der Waals surface area contributed by atoms with Crippen molar-refractivity contribution in [2.24, 2.45) is 5.92 Å². The van der Waals surface area contributed by atoms with E-state index < -0.39 is 6.61 Å². The fourth-order valence-corrected chi connectivity index (χ4v) is 2.67. The van der Waals surface area contributed by atoms with Crippen LogP contribution in [0.5, 0.6) is 5.75 Å². The van der Waals surface area contributed by atoms with Crippen molar-refractivity contribution in [3.05, 3.63) is 24.3 Å². The number of nitrogens with zero attached hydrogens (tertiary/aromatic N) is 1. The molecule has 1 aromatic carbocycles. The molecule has 1 aromatic rings. The van der Waals surface area contributed by atoms with Crippen LogP contribution in [0, 0.1) is 5.92 Å². The smallest absolute Gasteiger partial charge is 0.387 e. The summed E-state index contributed by atoms with van der Waals surface area (Å²) in [7, 11) is 2.14. The van der Waals surface area contributed by atoms with Gasteiger partial charge in [-0.05, 0) is 58.0 Å². The van der Waals surface area contributed by atoms with Crippen LogP contribution in [-0.4, -0.2) is 37.7 Å². The highest BCUT2D eigenvalue weighted by Gasteiger charge is 2.22. The van der Waals surface area contributed by atoms with Crippen LogP contribution in [0.15, 0.2) is 24.3 Å². The monoisotopic (exact) mass is 284 g/mol. The number of rotatable bonds is 5. The Morgan fingerprint density at radius 1 is 1.30 bits per heavy atom. The molecule has 0 aromatic heterocycles. The Morgan fingerprint density at radius 2 is 2.00 bits per heavy atom. The molecular formula is C15H22F2N2O. The van der Waals surface area contributed by atoms with Gasteiger partial charge in [-0.2, -0.15) is 8.78 Å². The molecule has 3 nitrogen and oxygen atoms in total. The molecule has 2 rings (SSSR count). The molecule has 0 saturated carbocycles. The molecule has 0 spiro atoms. The van der Waals surface area contributed by atoms with E-state index in [0.717, 1.165) is 31.6 Å². The number of benzene rings is 1.